The molecule has 0 unspecified atom stereocenters. The average molecular weight is 343 g/mol. The predicted molar refractivity (Wildman–Crippen MR) is 93.8 cm³/mol. The van der Waals surface area contributed by atoms with Crippen molar-refractivity contribution in [2.45, 2.75) is 25.7 Å². The second-order valence-electron chi connectivity index (χ2n) is 5.82. The molecule has 0 aromatic carbocycles. The van der Waals surface area contributed by atoms with Gasteiger partial charge in [0.15, 0.2) is 11.0 Å². The fourth-order valence-electron chi connectivity index (χ4n) is 2.89. The molecule has 4 rings (SSSR count). The number of fused-ring (bicyclic) bond motifs is 1. The van der Waals surface area contributed by atoms with Gasteiger partial charge in [-0.25, -0.2) is 0 Å². The molecule has 1 N–H and O–H groups in total. The summed E-state index contributed by atoms with van der Waals surface area (Å²) in [4.78, 5) is 18.6. The highest BCUT2D eigenvalue weighted by Gasteiger charge is 2.37. The molecule has 3 aliphatic rings. The number of rotatable bonds is 1. The van der Waals surface area contributed by atoms with Crippen LogP contribution in [0.5, 0.6) is 0 Å². The van der Waals surface area contributed by atoms with Crippen molar-refractivity contribution in [3.63, 3.8) is 0 Å². The Morgan fingerprint density at radius 1 is 1.21 bits per heavy atom. The number of nitrogens with one attached hydrogen (secondary N) is 1. The van der Waals surface area contributed by atoms with Crippen LogP contribution in [0.15, 0.2) is 38.5 Å². The molecule has 1 saturated heterocycles. The van der Waals surface area contributed by atoms with E-state index in [1.54, 1.807) is 12.1 Å². The van der Waals surface area contributed by atoms with Crippen molar-refractivity contribution in [1.29, 1.82) is 5.41 Å². The third-order valence-electron chi connectivity index (χ3n) is 4.15. The van der Waals surface area contributed by atoms with Crippen LogP contribution in [0, 0.1) is 5.41 Å². The molecule has 0 aliphatic carbocycles. The predicted octanol–water partition coefficient (Wildman–Crippen LogP) is 2.73. The van der Waals surface area contributed by atoms with Gasteiger partial charge in [-0.15, -0.1) is 5.10 Å². The normalized spacial score (nSPS) is 23.2. The molecule has 4 heterocycles. The molecule has 0 saturated carbocycles. The van der Waals surface area contributed by atoms with Gasteiger partial charge in [0.1, 0.15) is 5.76 Å². The second kappa shape index (κ2) is 6.27. The number of amidine groups is 3. The van der Waals surface area contributed by atoms with Gasteiger partial charge < -0.3 is 9.32 Å². The van der Waals surface area contributed by atoms with Gasteiger partial charge in [0.2, 0.25) is 5.17 Å². The number of likely N-dealkylation sites (tertiary alicyclic amines) is 1. The molecule has 1 amide bonds. The van der Waals surface area contributed by atoms with Crippen molar-refractivity contribution in [1.82, 2.24) is 9.91 Å². The van der Waals surface area contributed by atoms with E-state index >= 15 is 0 Å². The Morgan fingerprint density at radius 2 is 2.00 bits per heavy atom. The number of hydrazone groups is 1. The molecular formula is C16H17N5O2S. The summed E-state index contributed by atoms with van der Waals surface area (Å²) in [5, 5.41) is 15.6. The average Bonchev–Trinajstić information content (AvgIpc) is 3.15. The molecular weight excluding hydrogens is 326 g/mol. The zero-order valence-corrected chi connectivity index (χ0v) is 13.9. The third kappa shape index (κ3) is 2.77. The Kier molecular flexibility index (Phi) is 3.97. The molecule has 7 nitrogen and oxygen atoms in total. The fraction of sp³-hybridized carbons (Fsp3) is 0.375. The SMILES string of the molecule is N=C1/C(=C\c2ccco2)C(=O)N=C2SC(N3CCCCCC3)=NN12. The van der Waals surface area contributed by atoms with E-state index in [1.807, 2.05) is 0 Å². The van der Waals surface area contributed by atoms with Gasteiger partial charge in [-0.05, 0) is 42.8 Å². The Morgan fingerprint density at radius 3 is 2.71 bits per heavy atom. The molecule has 8 heteroatoms. The van der Waals surface area contributed by atoms with Gasteiger partial charge in [-0.2, -0.15) is 10.0 Å². The summed E-state index contributed by atoms with van der Waals surface area (Å²) in [6.07, 6.45) is 7.83. The Balaban J connectivity index is 1.61. The summed E-state index contributed by atoms with van der Waals surface area (Å²) in [6, 6.07) is 3.47. The minimum Gasteiger partial charge on any atom is -0.465 e. The largest absolute Gasteiger partial charge is 0.465 e. The minimum absolute atomic E-state index is 0.0405. The van der Waals surface area contributed by atoms with E-state index in [2.05, 4.69) is 15.0 Å². The maximum absolute atomic E-state index is 12.3. The molecule has 1 aromatic rings. The summed E-state index contributed by atoms with van der Waals surface area (Å²) in [7, 11) is 0. The minimum atomic E-state index is -0.428. The Bertz CT molecular complexity index is 757. The van der Waals surface area contributed by atoms with Crippen LogP contribution in [0.2, 0.25) is 0 Å². The van der Waals surface area contributed by atoms with E-state index in [9.17, 15) is 4.79 Å². The highest BCUT2D eigenvalue weighted by Crippen LogP contribution is 2.30. The summed E-state index contributed by atoms with van der Waals surface area (Å²) in [5.74, 6) is 0.131. The Hall–Kier alpha value is -2.35. The highest BCUT2D eigenvalue weighted by molar-refractivity contribution is 8.26. The van der Waals surface area contributed by atoms with Crippen molar-refractivity contribution in [2.24, 2.45) is 10.1 Å². The number of aliphatic imine (C=N–C) groups is 1. The molecule has 1 aromatic heterocycles. The van der Waals surface area contributed by atoms with Crippen LogP contribution in [0.25, 0.3) is 6.08 Å². The monoisotopic (exact) mass is 343 g/mol. The number of furan rings is 1. The van der Waals surface area contributed by atoms with Gasteiger partial charge in [0.25, 0.3) is 5.91 Å². The molecule has 0 radical (unpaired) electrons. The fourth-order valence-corrected chi connectivity index (χ4v) is 3.83. The lowest BCUT2D eigenvalue weighted by atomic mass is 10.1. The highest BCUT2D eigenvalue weighted by atomic mass is 32.2. The van der Waals surface area contributed by atoms with E-state index < -0.39 is 5.91 Å². The van der Waals surface area contributed by atoms with Crippen molar-refractivity contribution in [3.05, 3.63) is 29.7 Å². The first-order valence-corrected chi connectivity index (χ1v) is 8.83. The standard InChI is InChI=1S/C16H17N5O2S/c17-13-12(10-11-6-5-9-23-11)14(22)18-15-21(13)19-16(24-15)20-7-3-1-2-4-8-20/h5-6,9-10,17H,1-4,7-8H2/b12-10+,17-13?. The zero-order chi connectivity index (χ0) is 16.5. The summed E-state index contributed by atoms with van der Waals surface area (Å²) in [6.45, 7) is 1.92. The quantitative estimate of drug-likeness (QED) is 0.793. The van der Waals surface area contributed by atoms with Crippen LogP contribution < -0.4 is 0 Å². The molecule has 0 atom stereocenters. The Labute approximate surface area is 143 Å². The van der Waals surface area contributed by atoms with Crippen molar-refractivity contribution in [2.75, 3.05) is 13.1 Å². The van der Waals surface area contributed by atoms with E-state index in [0.717, 1.165) is 31.1 Å². The number of nitrogens with zero attached hydrogens (tertiary/aromatic N) is 4. The third-order valence-corrected chi connectivity index (χ3v) is 5.12. The van der Waals surface area contributed by atoms with Gasteiger partial charge >= 0.3 is 0 Å². The molecule has 24 heavy (non-hydrogen) atoms. The first kappa shape index (κ1) is 15.2. The summed E-state index contributed by atoms with van der Waals surface area (Å²) < 4.78 is 5.23. The van der Waals surface area contributed by atoms with Crippen LogP contribution in [-0.2, 0) is 4.79 Å². The molecule has 124 valence electrons. The number of amides is 1. The van der Waals surface area contributed by atoms with E-state index in [0.29, 0.717) is 10.9 Å². The van der Waals surface area contributed by atoms with E-state index in [4.69, 9.17) is 9.83 Å². The van der Waals surface area contributed by atoms with Gasteiger partial charge in [-0.1, -0.05) is 12.8 Å². The van der Waals surface area contributed by atoms with Crippen LogP contribution in [0.3, 0.4) is 0 Å². The van der Waals surface area contributed by atoms with Gasteiger partial charge in [0.05, 0.1) is 11.8 Å². The molecule has 1 fully saturated rings. The van der Waals surface area contributed by atoms with E-state index in [1.165, 1.54) is 42.0 Å². The number of thioether (sulfide) groups is 1. The van der Waals surface area contributed by atoms with Crippen LogP contribution in [-0.4, -0.2) is 45.1 Å². The number of carbonyl (C=O) groups excluding carboxylic acids is 1. The maximum Gasteiger partial charge on any atom is 0.283 e. The van der Waals surface area contributed by atoms with Crippen molar-refractivity contribution < 1.29 is 9.21 Å². The maximum atomic E-state index is 12.3. The second-order valence-corrected chi connectivity index (χ2v) is 6.75. The van der Waals surface area contributed by atoms with Gasteiger partial charge in [0, 0.05) is 13.1 Å². The smallest absolute Gasteiger partial charge is 0.283 e. The summed E-state index contributed by atoms with van der Waals surface area (Å²) >= 11 is 1.37. The van der Waals surface area contributed by atoms with Crippen LogP contribution >= 0.6 is 11.8 Å². The lowest BCUT2D eigenvalue weighted by Crippen LogP contribution is -2.35. The number of carbonyl (C=O) groups is 1. The number of hydrogen-bond acceptors (Lipinski definition) is 6. The summed E-state index contributed by atoms with van der Waals surface area (Å²) in [5.41, 5.74) is 0.190. The molecule has 3 aliphatic heterocycles. The molecule has 0 bridgehead atoms. The van der Waals surface area contributed by atoms with Gasteiger partial charge in [-0.3, -0.25) is 10.2 Å². The zero-order valence-electron chi connectivity index (χ0n) is 13.1. The van der Waals surface area contributed by atoms with Crippen molar-refractivity contribution in [3.8, 4) is 0 Å². The lowest BCUT2D eigenvalue weighted by molar-refractivity contribution is -0.114. The van der Waals surface area contributed by atoms with Crippen LogP contribution in [0.1, 0.15) is 31.4 Å². The van der Waals surface area contributed by atoms with E-state index in [-0.39, 0.29) is 11.4 Å². The first-order chi connectivity index (χ1) is 11.7. The topological polar surface area (TPSA) is 85.3 Å². The van der Waals surface area contributed by atoms with Crippen LogP contribution in [0.4, 0.5) is 0 Å². The lowest BCUT2D eigenvalue weighted by Gasteiger charge is -2.20. The first-order valence-electron chi connectivity index (χ1n) is 8.01. The number of hydrogen-bond donors (Lipinski definition) is 1. The van der Waals surface area contributed by atoms with Crippen molar-refractivity contribution >= 4 is 39.9 Å². The molecule has 0 spiro atoms.